The Bertz CT molecular complexity index is 378. The van der Waals surface area contributed by atoms with Gasteiger partial charge in [0.1, 0.15) is 0 Å². The van der Waals surface area contributed by atoms with Gasteiger partial charge in [0.05, 0.1) is 0 Å². The number of hydrogen-bond acceptors (Lipinski definition) is 1. The lowest BCUT2D eigenvalue weighted by atomic mass is 9.68. The van der Waals surface area contributed by atoms with Crippen LogP contribution in [-0.4, -0.2) is 12.0 Å². The van der Waals surface area contributed by atoms with Crippen molar-refractivity contribution in [1.82, 2.24) is 0 Å². The molecule has 1 aromatic rings. The van der Waals surface area contributed by atoms with E-state index in [1.165, 1.54) is 49.8 Å². The average molecular weight is 305 g/mol. The fraction of sp³-hybridized carbons (Fsp3) is 0.700. The van der Waals surface area contributed by atoms with Crippen LogP contribution in [-0.2, 0) is 6.42 Å². The van der Waals surface area contributed by atoms with Gasteiger partial charge in [0.15, 0.2) is 0 Å². The van der Waals surface area contributed by atoms with Crippen LogP contribution in [0.1, 0.15) is 51.5 Å². The van der Waals surface area contributed by atoms with Gasteiger partial charge < -0.3 is 0 Å². The Morgan fingerprint density at radius 1 is 1.05 bits per heavy atom. The lowest BCUT2D eigenvalue weighted by Gasteiger charge is -2.38. The third-order valence-corrected chi connectivity index (χ3v) is 5.99. The Hall–Kier alpha value is -0.430. The first kappa shape index (κ1) is 16.9. The standard InChI is InChI=1S/C20H32S/c1-16(2)20(18-12-8-5-9-13-18)19(15-21-3)14-17-10-6-4-7-11-17/h4,6-7,10-11,16,18-20H,5,8-9,12-15H2,1-3H3. The summed E-state index contributed by atoms with van der Waals surface area (Å²) in [6, 6.07) is 11.1. The van der Waals surface area contributed by atoms with Gasteiger partial charge in [0, 0.05) is 0 Å². The van der Waals surface area contributed by atoms with E-state index in [2.05, 4.69) is 50.4 Å². The molecule has 1 aromatic carbocycles. The van der Waals surface area contributed by atoms with Crippen LogP contribution in [0.3, 0.4) is 0 Å². The largest absolute Gasteiger partial charge is 0.165 e. The van der Waals surface area contributed by atoms with Crippen LogP contribution in [0.5, 0.6) is 0 Å². The molecule has 0 spiro atoms. The second-order valence-electron chi connectivity index (χ2n) is 7.12. The number of rotatable bonds is 7. The van der Waals surface area contributed by atoms with Crippen molar-refractivity contribution in [3.8, 4) is 0 Å². The molecule has 2 rings (SSSR count). The molecule has 1 saturated carbocycles. The summed E-state index contributed by atoms with van der Waals surface area (Å²) in [5, 5.41) is 0. The molecule has 1 heteroatoms. The molecular weight excluding hydrogens is 272 g/mol. The Labute approximate surface area is 136 Å². The lowest BCUT2D eigenvalue weighted by molar-refractivity contribution is 0.139. The quantitative estimate of drug-likeness (QED) is 0.590. The predicted octanol–water partition coefficient (Wildman–Crippen LogP) is 6.06. The molecule has 2 unspecified atom stereocenters. The molecule has 21 heavy (non-hydrogen) atoms. The lowest BCUT2D eigenvalue weighted by Crippen LogP contribution is -2.32. The van der Waals surface area contributed by atoms with E-state index in [1.807, 2.05) is 11.8 Å². The summed E-state index contributed by atoms with van der Waals surface area (Å²) in [6.45, 7) is 4.91. The third kappa shape index (κ3) is 5.06. The second kappa shape index (κ2) is 8.88. The Kier molecular flexibility index (Phi) is 7.16. The summed E-state index contributed by atoms with van der Waals surface area (Å²) >= 11 is 2.04. The van der Waals surface area contributed by atoms with Crippen molar-refractivity contribution in [3.63, 3.8) is 0 Å². The monoisotopic (exact) mass is 304 g/mol. The average Bonchev–Trinajstić information content (AvgIpc) is 2.49. The highest BCUT2D eigenvalue weighted by molar-refractivity contribution is 7.98. The zero-order chi connectivity index (χ0) is 15.1. The number of benzene rings is 1. The SMILES string of the molecule is CSCC(Cc1ccccc1)C(C(C)C)C1CCCCC1. The van der Waals surface area contributed by atoms with Crippen molar-refractivity contribution in [2.45, 2.75) is 52.4 Å². The first-order valence-corrected chi connectivity index (χ1v) is 10.1. The van der Waals surface area contributed by atoms with E-state index >= 15 is 0 Å². The van der Waals surface area contributed by atoms with E-state index in [-0.39, 0.29) is 0 Å². The predicted molar refractivity (Wildman–Crippen MR) is 96.9 cm³/mol. The van der Waals surface area contributed by atoms with Crippen molar-refractivity contribution in [1.29, 1.82) is 0 Å². The number of hydrogen-bond donors (Lipinski definition) is 0. The normalized spacial score (nSPS) is 19.6. The zero-order valence-corrected chi connectivity index (χ0v) is 14.9. The molecule has 2 atom stereocenters. The van der Waals surface area contributed by atoms with Crippen molar-refractivity contribution in [2.75, 3.05) is 12.0 Å². The van der Waals surface area contributed by atoms with E-state index in [0.717, 1.165) is 23.7 Å². The summed E-state index contributed by atoms with van der Waals surface area (Å²) < 4.78 is 0. The summed E-state index contributed by atoms with van der Waals surface area (Å²) in [6.07, 6.45) is 10.9. The Morgan fingerprint density at radius 2 is 1.71 bits per heavy atom. The van der Waals surface area contributed by atoms with Crippen LogP contribution in [0.2, 0.25) is 0 Å². The number of thioether (sulfide) groups is 1. The zero-order valence-electron chi connectivity index (χ0n) is 14.1. The minimum atomic E-state index is 0.814. The maximum absolute atomic E-state index is 2.46. The third-order valence-electron chi connectivity index (χ3n) is 5.23. The van der Waals surface area contributed by atoms with Gasteiger partial charge in [-0.15, -0.1) is 0 Å². The molecule has 0 nitrogen and oxygen atoms in total. The van der Waals surface area contributed by atoms with Crippen LogP contribution >= 0.6 is 11.8 Å². The molecule has 0 aromatic heterocycles. The molecule has 0 heterocycles. The van der Waals surface area contributed by atoms with E-state index in [0.29, 0.717) is 0 Å². The van der Waals surface area contributed by atoms with E-state index < -0.39 is 0 Å². The second-order valence-corrected chi connectivity index (χ2v) is 8.04. The highest BCUT2D eigenvalue weighted by Gasteiger charge is 2.32. The Balaban J connectivity index is 2.11. The van der Waals surface area contributed by atoms with E-state index in [1.54, 1.807) is 0 Å². The van der Waals surface area contributed by atoms with Crippen LogP contribution < -0.4 is 0 Å². The summed E-state index contributed by atoms with van der Waals surface area (Å²) in [4.78, 5) is 0. The maximum Gasteiger partial charge on any atom is -0.00359 e. The van der Waals surface area contributed by atoms with Gasteiger partial charge in [-0.2, -0.15) is 11.8 Å². The minimum absolute atomic E-state index is 0.814. The molecule has 0 amide bonds. The van der Waals surface area contributed by atoms with Crippen LogP contribution in [0.4, 0.5) is 0 Å². The van der Waals surface area contributed by atoms with Gasteiger partial charge >= 0.3 is 0 Å². The van der Waals surface area contributed by atoms with Gasteiger partial charge in [-0.1, -0.05) is 76.3 Å². The molecule has 0 N–H and O–H groups in total. The molecule has 1 fully saturated rings. The fourth-order valence-electron chi connectivity index (χ4n) is 4.43. The van der Waals surface area contributed by atoms with E-state index in [9.17, 15) is 0 Å². The Morgan fingerprint density at radius 3 is 2.29 bits per heavy atom. The molecule has 0 aliphatic heterocycles. The summed E-state index contributed by atoms with van der Waals surface area (Å²) in [5.74, 6) is 4.84. The van der Waals surface area contributed by atoms with Gasteiger partial charge in [0.25, 0.3) is 0 Å². The van der Waals surface area contributed by atoms with Crippen molar-refractivity contribution < 1.29 is 0 Å². The van der Waals surface area contributed by atoms with Gasteiger partial charge in [-0.25, -0.2) is 0 Å². The maximum atomic E-state index is 2.46. The highest BCUT2D eigenvalue weighted by Crippen LogP contribution is 2.40. The molecular formula is C20H32S. The summed E-state index contributed by atoms with van der Waals surface area (Å²) in [5.41, 5.74) is 1.53. The molecule has 1 aliphatic rings. The van der Waals surface area contributed by atoms with Gasteiger partial charge in [-0.3, -0.25) is 0 Å². The molecule has 1 aliphatic carbocycles. The van der Waals surface area contributed by atoms with Gasteiger partial charge in [-0.05, 0) is 47.7 Å². The van der Waals surface area contributed by atoms with Crippen LogP contribution in [0.15, 0.2) is 30.3 Å². The molecule has 0 saturated heterocycles. The molecule has 118 valence electrons. The highest BCUT2D eigenvalue weighted by atomic mass is 32.2. The fourth-order valence-corrected chi connectivity index (χ4v) is 5.20. The van der Waals surface area contributed by atoms with Crippen molar-refractivity contribution in [3.05, 3.63) is 35.9 Å². The first-order chi connectivity index (χ1) is 10.2. The first-order valence-electron chi connectivity index (χ1n) is 8.75. The molecule has 0 bridgehead atoms. The minimum Gasteiger partial charge on any atom is -0.165 e. The van der Waals surface area contributed by atoms with Crippen molar-refractivity contribution >= 4 is 11.8 Å². The molecule has 0 radical (unpaired) electrons. The van der Waals surface area contributed by atoms with Gasteiger partial charge in [0.2, 0.25) is 0 Å². The van der Waals surface area contributed by atoms with E-state index in [4.69, 9.17) is 0 Å². The smallest absolute Gasteiger partial charge is 0.00359 e. The van der Waals surface area contributed by atoms with Crippen LogP contribution in [0.25, 0.3) is 0 Å². The van der Waals surface area contributed by atoms with Crippen LogP contribution in [0, 0.1) is 23.7 Å². The van der Waals surface area contributed by atoms with Crippen molar-refractivity contribution in [2.24, 2.45) is 23.7 Å². The topological polar surface area (TPSA) is 0 Å². The summed E-state index contributed by atoms with van der Waals surface area (Å²) in [7, 11) is 0.